The second-order valence-electron chi connectivity index (χ2n) is 4.56. The van der Waals surface area contributed by atoms with Crippen LogP contribution in [0, 0.1) is 12.2 Å². The standard InChI is InChI=1S/C8H11.C7H9.2ClH.Zr/c1-6-4-7(2)8(3)5-6;1-6-3-4-7(2)5-6;;;/h4H2,1-3H3;3H,4H2,1-2H3;2*1H;/q2*-1;;;+4/p-2. The molecular weight excluding hydrogens is 342 g/mol. The summed E-state index contributed by atoms with van der Waals surface area (Å²) in [6.45, 7) is 10.6. The fraction of sp³-hybridized carbons (Fsp3) is 0.467. The van der Waals surface area contributed by atoms with Crippen molar-refractivity contribution >= 4 is 17.0 Å². The number of halogens is 2. The van der Waals surface area contributed by atoms with E-state index in [0.29, 0.717) is 0 Å². The van der Waals surface area contributed by atoms with Crippen LogP contribution in [0.4, 0.5) is 0 Å². The van der Waals surface area contributed by atoms with E-state index in [-0.39, 0.29) is 0 Å². The van der Waals surface area contributed by atoms with Gasteiger partial charge in [-0.2, -0.15) is 11.1 Å². The molecule has 2 rings (SSSR count). The Morgan fingerprint density at radius 3 is 1.67 bits per heavy atom. The number of rotatable bonds is 0. The van der Waals surface area contributed by atoms with Crippen LogP contribution in [-0.2, 0) is 20.8 Å². The van der Waals surface area contributed by atoms with Crippen molar-refractivity contribution in [3.05, 3.63) is 46.1 Å². The minimum atomic E-state index is -0.826. The number of allylic oxidation sites excluding steroid dienone is 8. The van der Waals surface area contributed by atoms with Gasteiger partial charge in [-0.05, 0) is 0 Å². The van der Waals surface area contributed by atoms with E-state index in [1.165, 1.54) is 27.9 Å². The van der Waals surface area contributed by atoms with Crippen molar-refractivity contribution in [2.75, 3.05) is 0 Å². The molecule has 0 radical (unpaired) electrons. The van der Waals surface area contributed by atoms with Crippen LogP contribution in [0.15, 0.2) is 33.9 Å². The molecule has 2 aliphatic rings. The molecule has 0 spiro atoms. The maximum absolute atomic E-state index is 4.93. The molecule has 0 saturated carbocycles. The van der Waals surface area contributed by atoms with Gasteiger partial charge in [0.2, 0.25) is 0 Å². The van der Waals surface area contributed by atoms with Gasteiger partial charge < -0.3 is 0 Å². The van der Waals surface area contributed by atoms with Crippen LogP contribution < -0.4 is 0 Å². The molecule has 0 fully saturated rings. The van der Waals surface area contributed by atoms with Crippen LogP contribution in [-0.4, -0.2) is 0 Å². The molecule has 0 aromatic carbocycles. The predicted molar refractivity (Wildman–Crippen MR) is 77.9 cm³/mol. The Morgan fingerprint density at radius 2 is 1.56 bits per heavy atom. The van der Waals surface area contributed by atoms with Crippen molar-refractivity contribution in [1.29, 1.82) is 0 Å². The molecule has 0 atom stereocenters. The number of hydrogen-bond acceptors (Lipinski definition) is 0. The van der Waals surface area contributed by atoms with E-state index in [2.05, 4.69) is 52.8 Å². The van der Waals surface area contributed by atoms with Crippen molar-refractivity contribution in [3.8, 4) is 0 Å². The summed E-state index contributed by atoms with van der Waals surface area (Å²) in [5.41, 5.74) is 6.83. The molecule has 0 aromatic heterocycles. The van der Waals surface area contributed by atoms with E-state index in [1.807, 2.05) is 0 Å². The normalized spacial score (nSPS) is 16.7. The first-order valence-corrected chi connectivity index (χ1v) is 12.2. The van der Waals surface area contributed by atoms with Gasteiger partial charge in [0.1, 0.15) is 0 Å². The molecule has 0 nitrogen and oxygen atoms in total. The summed E-state index contributed by atoms with van der Waals surface area (Å²) < 4.78 is 0. The van der Waals surface area contributed by atoms with Crippen molar-refractivity contribution in [2.24, 2.45) is 0 Å². The van der Waals surface area contributed by atoms with Gasteiger partial charge in [0, 0.05) is 0 Å². The first kappa shape index (κ1) is 18.4. The van der Waals surface area contributed by atoms with E-state index < -0.39 is 20.8 Å². The molecule has 0 saturated heterocycles. The van der Waals surface area contributed by atoms with Crippen molar-refractivity contribution < 1.29 is 20.8 Å². The fourth-order valence-electron chi connectivity index (χ4n) is 1.75. The molecule has 0 amide bonds. The molecule has 0 heterocycles. The molecule has 2 aliphatic carbocycles. The molecule has 0 bridgehead atoms. The van der Waals surface area contributed by atoms with Gasteiger partial charge in [-0.3, -0.25) is 6.08 Å². The van der Waals surface area contributed by atoms with Crippen molar-refractivity contribution in [1.82, 2.24) is 0 Å². The van der Waals surface area contributed by atoms with Gasteiger partial charge in [-0.15, -0.1) is 6.92 Å². The fourth-order valence-corrected chi connectivity index (χ4v) is 1.75. The Hall–Kier alpha value is 0.423. The van der Waals surface area contributed by atoms with Gasteiger partial charge in [-0.25, -0.2) is 28.9 Å². The average molecular weight is 362 g/mol. The molecule has 0 N–H and O–H groups in total. The zero-order chi connectivity index (χ0) is 14.1. The van der Waals surface area contributed by atoms with Crippen molar-refractivity contribution in [2.45, 2.75) is 47.5 Å². The third kappa shape index (κ3) is 8.51. The van der Waals surface area contributed by atoms with Gasteiger partial charge >= 0.3 is 37.9 Å². The molecule has 0 aromatic rings. The van der Waals surface area contributed by atoms with E-state index in [1.54, 1.807) is 0 Å². The van der Waals surface area contributed by atoms with Gasteiger partial charge in [0.25, 0.3) is 0 Å². The molecule has 0 aliphatic heterocycles. The summed E-state index contributed by atoms with van der Waals surface area (Å²) >= 11 is -0.826. The summed E-state index contributed by atoms with van der Waals surface area (Å²) in [4.78, 5) is 0. The van der Waals surface area contributed by atoms with Gasteiger partial charge in [0.15, 0.2) is 0 Å². The minimum absolute atomic E-state index is 0.826. The third-order valence-corrected chi connectivity index (χ3v) is 2.70. The zero-order valence-corrected chi connectivity index (χ0v) is 15.7. The molecule has 0 unspecified atom stereocenters. The SMILES string of the molecule is CC1=[C-]C(C)=C(C)C1.CC1=[C-]C(C)=CC1.[Cl][Zr+2][Cl]. The summed E-state index contributed by atoms with van der Waals surface area (Å²) in [5.74, 6) is 0. The second kappa shape index (κ2) is 10.2. The summed E-state index contributed by atoms with van der Waals surface area (Å²) in [5, 5.41) is 0. The molecule has 98 valence electrons. The molecular formula is C15H20Cl2Zr. The van der Waals surface area contributed by atoms with Crippen molar-refractivity contribution in [3.63, 3.8) is 0 Å². The van der Waals surface area contributed by atoms with Crippen LogP contribution in [0.25, 0.3) is 0 Å². The van der Waals surface area contributed by atoms with E-state index >= 15 is 0 Å². The van der Waals surface area contributed by atoms with Gasteiger partial charge in [-0.1, -0.05) is 40.5 Å². The summed E-state index contributed by atoms with van der Waals surface area (Å²) in [6.07, 6.45) is 10.9. The van der Waals surface area contributed by atoms with E-state index in [4.69, 9.17) is 17.0 Å². The predicted octanol–water partition coefficient (Wildman–Crippen LogP) is 5.94. The van der Waals surface area contributed by atoms with Gasteiger partial charge in [0.05, 0.1) is 0 Å². The Bertz CT molecular complexity index is 387. The van der Waals surface area contributed by atoms with Crippen LogP contribution in [0.3, 0.4) is 0 Å². The first-order valence-electron chi connectivity index (χ1n) is 5.89. The van der Waals surface area contributed by atoms with Crippen LogP contribution >= 0.6 is 17.0 Å². The Kier molecular flexibility index (Phi) is 10.5. The monoisotopic (exact) mass is 360 g/mol. The maximum atomic E-state index is 4.93. The summed E-state index contributed by atoms with van der Waals surface area (Å²) in [6, 6.07) is 0. The third-order valence-electron chi connectivity index (χ3n) is 2.70. The molecule has 18 heavy (non-hydrogen) atoms. The average Bonchev–Trinajstić information content (AvgIpc) is 2.76. The summed E-state index contributed by atoms with van der Waals surface area (Å²) in [7, 11) is 9.87. The first-order chi connectivity index (χ1) is 8.40. The Labute approximate surface area is 130 Å². The van der Waals surface area contributed by atoms with E-state index in [9.17, 15) is 0 Å². The quantitative estimate of drug-likeness (QED) is 0.468. The Morgan fingerprint density at radius 1 is 1.00 bits per heavy atom. The van der Waals surface area contributed by atoms with E-state index in [0.717, 1.165) is 12.8 Å². The van der Waals surface area contributed by atoms with Crippen LogP contribution in [0.5, 0.6) is 0 Å². The second-order valence-corrected chi connectivity index (χ2v) is 8.29. The van der Waals surface area contributed by atoms with Crippen LogP contribution in [0.1, 0.15) is 47.5 Å². The topological polar surface area (TPSA) is 0 Å². The number of hydrogen-bond donors (Lipinski definition) is 0. The molecule has 3 heteroatoms. The Balaban J connectivity index is 0.000000267. The van der Waals surface area contributed by atoms with Crippen LogP contribution in [0.2, 0.25) is 0 Å². The zero-order valence-electron chi connectivity index (χ0n) is 11.7.